The highest BCUT2D eigenvalue weighted by atomic mass is 19.1. The van der Waals surface area contributed by atoms with E-state index < -0.39 is 11.6 Å². The largest absolute Gasteiger partial charge is 0.370 e. The molecule has 2 rings (SSSR count). The van der Waals surface area contributed by atoms with Gasteiger partial charge in [-0.1, -0.05) is 6.92 Å². The average Bonchev–Trinajstić information content (AvgIpc) is 2.47. The van der Waals surface area contributed by atoms with Gasteiger partial charge in [-0.2, -0.15) is 0 Å². The quantitative estimate of drug-likeness (QED) is 0.880. The van der Waals surface area contributed by atoms with Crippen molar-refractivity contribution in [2.75, 3.05) is 17.2 Å². The lowest BCUT2D eigenvalue weighted by Gasteiger charge is -2.14. The second-order valence-electron chi connectivity index (χ2n) is 4.60. The van der Waals surface area contributed by atoms with Crippen LogP contribution in [0, 0.1) is 18.6 Å². The summed E-state index contributed by atoms with van der Waals surface area (Å²) in [6, 6.07) is 3.27. The van der Waals surface area contributed by atoms with E-state index in [2.05, 4.69) is 20.6 Å². The van der Waals surface area contributed by atoms with Gasteiger partial charge >= 0.3 is 0 Å². The number of hydrogen-bond donors (Lipinski definition) is 2. The normalized spacial score (nSPS) is 10.5. The first-order chi connectivity index (χ1) is 10.0. The van der Waals surface area contributed by atoms with E-state index in [9.17, 15) is 8.78 Å². The zero-order chi connectivity index (χ0) is 15.4. The summed E-state index contributed by atoms with van der Waals surface area (Å²) in [6.45, 7) is 6.45. The van der Waals surface area contributed by atoms with Crippen LogP contribution in [0.15, 0.2) is 18.2 Å². The molecular formula is C15H18F2N4. The molecule has 0 radical (unpaired) electrons. The highest BCUT2D eigenvalue weighted by Crippen LogP contribution is 2.25. The third-order valence-electron chi connectivity index (χ3n) is 3.03. The van der Waals surface area contributed by atoms with Gasteiger partial charge in [-0.15, -0.1) is 0 Å². The summed E-state index contributed by atoms with van der Waals surface area (Å²) in [5.41, 5.74) is 0.819. The van der Waals surface area contributed by atoms with E-state index in [1.54, 1.807) is 0 Å². The Balaban J connectivity index is 2.43. The predicted octanol–water partition coefficient (Wildman–Crippen LogP) is 3.80. The van der Waals surface area contributed by atoms with Gasteiger partial charge in [-0.05, 0) is 26.0 Å². The standard InChI is InChI=1S/C15H18F2N4/c1-4-13-20-14(18-5-2)9(3)15(21-13)19-12-8-10(16)6-7-11(12)17/h6-8H,4-5H2,1-3H3,(H2,18,19,20,21). The van der Waals surface area contributed by atoms with Crippen molar-refractivity contribution >= 4 is 17.3 Å². The number of aryl methyl sites for hydroxylation is 1. The number of benzene rings is 1. The van der Waals surface area contributed by atoms with Gasteiger partial charge < -0.3 is 10.6 Å². The molecule has 0 aliphatic rings. The molecular weight excluding hydrogens is 274 g/mol. The molecule has 0 atom stereocenters. The summed E-state index contributed by atoms with van der Waals surface area (Å²) in [5.74, 6) is 0.771. The molecule has 0 saturated carbocycles. The summed E-state index contributed by atoms with van der Waals surface area (Å²) in [7, 11) is 0. The van der Waals surface area contributed by atoms with E-state index in [1.807, 2.05) is 20.8 Å². The summed E-state index contributed by atoms with van der Waals surface area (Å²) >= 11 is 0. The van der Waals surface area contributed by atoms with Crippen LogP contribution in [-0.2, 0) is 6.42 Å². The molecule has 112 valence electrons. The number of nitrogens with zero attached hydrogens (tertiary/aromatic N) is 2. The van der Waals surface area contributed by atoms with Crippen molar-refractivity contribution in [3.63, 3.8) is 0 Å². The van der Waals surface area contributed by atoms with Crippen molar-refractivity contribution < 1.29 is 8.78 Å². The van der Waals surface area contributed by atoms with Crippen LogP contribution in [0.5, 0.6) is 0 Å². The molecule has 4 nitrogen and oxygen atoms in total. The fraction of sp³-hybridized carbons (Fsp3) is 0.333. The molecule has 0 saturated heterocycles. The van der Waals surface area contributed by atoms with Crippen molar-refractivity contribution in [3.05, 3.63) is 41.2 Å². The highest BCUT2D eigenvalue weighted by molar-refractivity contribution is 5.65. The molecule has 0 bridgehead atoms. The van der Waals surface area contributed by atoms with Crippen LogP contribution in [0.1, 0.15) is 25.2 Å². The van der Waals surface area contributed by atoms with Crippen molar-refractivity contribution in [3.8, 4) is 0 Å². The van der Waals surface area contributed by atoms with Crippen molar-refractivity contribution in [1.29, 1.82) is 0 Å². The summed E-state index contributed by atoms with van der Waals surface area (Å²) in [5, 5.41) is 5.99. The fourth-order valence-electron chi connectivity index (χ4n) is 1.90. The number of rotatable bonds is 5. The molecule has 0 unspecified atom stereocenters. The zero-order valence-electron chi connectivity index (χ0n) is 12.3. The second kappa shape index (κ2) is 6.47. The third kappa shape index (κ3) is 3.45. The predicted molar refractivity (Wildman–Crippen MR) is 80.0 cm³/mol. The van der Waals surface area contributed by atoms with Crippen LogP contribution in [0.2, 0.25) is 0 Å². The van der Waals surface area contributed by atoms with Gasteiger partial charge in [0.15, 0.2) is 0 Å². The topological polar surface area (TPSA) is 49.8 Å². The van der Waals surface area contributed by atoms with E-state index in [-0.39, 0.29) is 5.69 Å². The van der Waals surface area contributed by atoms with Gasteiger partial charge in [-0.25, -0.2) is 18.7 Å². The first-order valence-corrected chi connectivity index (χ1v) is 6.88. The number of aromatic nitrogens is 2. The smallest absolute Gasteiger partial charge is 0.146 e. The molecule has 2 N–H and O–H groups in total. The molecule has 1 aromatic heterocycles. The van der Waals surface area contributed by atoms with Crippen molar-refractivity contribution in [2.45, 2.75) is 27.2 Å². The van der Waals surface area contributed by atoms with Gasteiger partial charge in [0.05, 0.1) is 5.69 Å². The lowest BCUT2D eigenvalue weighted by Crippen LogP contribution is -2.09. The Morgan fingerprint density at radius 3 is 2.48 bits per heavy atom. The van der Waals surface area contributed by atoms with E-state index in [1.165, 1.54) is 0 Å². The van der Waals surface area contributed by atoms with Gasteiger partial charge in [0.1, 0.15) is 29.1 Å². The molecule has 2 aromatic rings. The molecule has 0 amide bonds. The SMILES string of the molecule is CCNc1nc(CC)nc(Nc2cc(F)ccc2F)c1C. The van der Waals surface area contributed by atoms with Crippen LogP contribution < -0.4 is 10.6 Å². The highest BCUT2D eigenvalue weighted by Gasteiger charge is 2.12. The van der Waals surface area contributed by atoms with E-state index in [0.29, 0.717) is 23.9 Å². The summed E-state index contributed by atoms with van der Waals surface area (Å²) in [4.78, 5) is 8.74. The number of hydrogen-bond acceptors (Lipinski definition) is 4. The maximum atomic E-state index is 13.7. The molecule has 1 heterocycles. The van der Waals surface area contributed by atoms with Crippen LogP contribution in [0.25, 0.3) is 0 Å². The maximum absolute atomic E-state index is 13.7. The van der Waals surface area contributed by atoms with Crippen LogP contribution in [0.4, 0.5) is 26.1 Å². The average molecular weight is 292 g/mol. The van der Waals surface area contributed by atoms with Gasteiger partial charge in [0.2, 0.25) is 0 Å². The van der Waals surface area contributed by atoms with E-state index in [4.69, 9.17) is 0 Å². The minimum absolute atomic E-state index is 0.0568. The Morgan fingerprint density at radius 1 is 1.10 bits per heavy atom. The van der Waals surface area contributed by atoms with Crippen molar-refractivity contribution in [1.82, 2.24) is 9.97 Å². The first kappa shape index (κ1) is 15.2. The first-order valence-electron chi connectivity index (χ1n) is 6.88. The van der Waals surface area contributed by atoms with E-state index >= 15 is 0 Å². The number of nitrogens with one attached hydrogen (secondary N) is 2. The molecule has 21 heavy (non-hydrogen) atoms. The lowest BCUT2D eigenvalue weighted by molar-refractivity contribution is 0.603. The van der Waals surface area contributed by atoms with Crippen LogP contribution in [-0.4, -0.2) is 16.5 Å². The molecule has 1 aromatic carbocycles. The second-order valence-corrected chi connectivity index (χ2v) is 4.60. The molecule has 0 aliphatic carbocycles. The minimum atomic E-state index is -0.530. The number of anilines is 3. The van der Waals surface area contributed by atoms with Crippen LogP contribution in [0.3, 0.4) is 0 Å². The summed E-state index contributed by atoms with van der Waals surface area (Å²) in [6.07, 6.45) is 0.652. The molecule has 0 spiro atoms. The third-order valence-corrected chi connectivity index (χ3v) is 3.03. The Hall–Kier alpha value is -2.24. The summed E-state index contributed by atoms with van der Waals surface area (Å²) < 4.78 is 27.0. The van der Waals surface area contributed by atoms with Crippen molar-refractivity contribution in [2.24, 2.45) is 0 Å². The maximum Gasteiger partial charge on any atom is 0.146 e. The fourth-order valence-corrected chi connectivity index (χ4v) is 1.90. The lowest BCUT2D eigenvalue weighted by atomic mass is 10.2. The minimum Gasteiger partial charge on any atom is -0.370 e. The molecule has 0 aliphatic heterocycles. The Bertz CT molecular complexity index is 644. The zero-order valence-corrected chi connectivity index (χ0v) is 12.3. The molecule has 0 fully saturated rings. The van der Waals surface area contributed by atoms with E-state index in [0.717, 1.165) is 30.3 Å². The number of halogens is 2. The van der Waals surface area contributed by atoms with Gasteiger partial charge in [0.25, 0.3) is 0 Å². The molecule has 6 heteroatoms. The Morgan fingerprint density at radius 2 is 1.81 bits per heavy atom. The van der Waals surface area contributed by atoms with Gasteiger partial charge in [0, 0.05) is 24.6 Å². The van der Waals surface area contributed by atoms with Gasteiger partial charge in [-0.3, -0.25) is 0 Å². The Labute approximate surface area is 122 Å². The monoisotopic (exact) mass is 292 g/mol. The van der Waals surface area contributed by atoms with Crippen LogP contribution >= 0.6 is 0 Å². The Kier molecular flexibility index (Phi) is 4.67.